The molecule has 3 nitrogen and oxygen atoms in total. The summed E-state index contributed by atoms with van der Waals surface area (Å²) < 4.78 is 5.53. The Morgan fingerprint density at radius 2 is 1.71 bits per heavy atom. The predicted octanol–water partition coefficient (Wildman–Crippen LogP) is 1.39. The molecule has 1 atom stereocenters. The normalized spacial score (nSPS) is 26.4. The molecule has 0 radical (unpaired) electrons. The topological polar surface area (TPSA) is 15.7 Å². The van der Waals surface area contributed by atoms with Crippen LogP contribution >= 0.6 is 0 Å². The Hall–Kier alpha value is -0.120. The first-order chi connectivity index (χ1) is 6.56. The number of rotatable bonds is 3. The molecule has 14 heavy (non-hydrogen) atoms. The monoisotopic (exact) mass is 200 g/mol. The minimum Gasteiger partial charge on any atom is -0.365 e. The van der Waals surface area contributed by atoms with Crippen molar-refractivity contribution in [2.24, 2.45) is 0 Å². The lowest BCUT2D eigenvalue weighted by Gasteiger charge is -2.44. The molecule has 0 aromatic rings. The lowest BCUT2D eigenvalue weighted by Crippen LogP contribution is -2.57. The van der Waals surface area contributed by atoms with Crippen molar-refractivity contribution in [1.82, 2.24) is 9.80 Å². The molecule has 0 N–H and O–H groups in total. The van der Waals surface area contributed by atoms with E-state index < -0.39 is 0 Å². The summed E-state index contributed by atoms with van der Waals surface area (Å²) in [7, 11) is 1.81. The molecule has 1 aliphatic rings. The zero-order chi connectivity index (χ0) is 10.7. The lowest BCUT2D eigenvalue weighted by atomic mass is 10.2. The van der Waals surface area contributed by atoms with Crippen LogP contribution in [0.5, 0.6) is 0 Å². The summed E-state index contributed by atoms with van der Waals surface area (Å²) in [6, 6.07) is 1.20. The van der Waals surface area contributed by atoms with E-state index in [-0.39, 0.29) is 6.23 Å². The summed E-state index contributed by atoms with van der Waals surface area (Å²) >= 11 is 0. The molecule has 3 heteroatoms. The molecular formula is C11H24N2O. The SMILES string of the molecule is CO[C@@H]1CN(C(C)C)CCN1C(C)C. The van der Waals surface area contributed by atoms with E-state index in [1.807, 2.05) is 7.11 Å². The number of hydrogen-bond donors (Lipinski definition) is 0. The van der Waals surface area contributed by atoms with Crippen LogP contribution in [0.15, 0.2) is 0 Å². The summed E-state index contributed by atoms with van der Waals surface area (Å²) in [4.78, 5) is 4.91. The van der Waals surface area contributed by atoms with E-state index in [1.54, 1.807) is 0 Å². The minimum absolute atomic E-state index is 0.270. The summed E-state index contributed by atoms with van der Waals surface area (Å²) in [6.45, 7) is 12.3. The Morgan fingerprint density at radius 3 is 2.14 bits per heavy atom. The zero-order valence-electron chi connectivity index (χ0n) is 10.2. The summed E-state index contributed by atoms with van der Waals surface area (Å²) in [5, 5.41) is 0. The Morgan fingerprint density at radius 1 is 1.07 bits per heavy atom. The van der Waals surface area contributed by atoms with Gasteiger partial charge in [-0.05, 0) is 27.7 Å². The summed E-state index contributed by atoms with van der Waals surface area (Å²) in [5.41, 5.74) is 0. The van der Waals surface area contributed by atoms with Gasteiger partial charge in [-0.3, -0.25) is 9.80 Å². The summed E-state index contributed by atoms with van der Waals surface area (Å²) in [5.74, 6) is 0. The van der Waals surface area contributed by atoms with E-state index in [0.29, 0.717) is 12.1 Å². The van der Waals surface area contributed by atoms with E-state index in [4.69, 9.17) is 4.74 Å². The molecule has 0 saturated carbocycles. The van der Waals surface area contributed by atoms with Gasteiger partial charge in [-0.15, -0.1) is 0 Å². The molecule has 0 aliphatic carbocycles. The van der Waals surface area contributed by atoms with Crippen molar-refractivity contribution >= 4 is 0 Å². The van der Waals surface area contributed by atoms with Crippen LogP contribution in [0, 0.1) is 0 Å². The van der Waals surface area contributed by atoms with Gasteiger partial charge in [0.15, 0.2) is 0 Å². The Bertz CT molecular complexity index is 171. The molecule has 84 valence electrons. The molecule has 1 aliphatic heterocycles. The number of piperazine rings is 1. The van der Waals surface area contributed by atoms with Crippen LogP contribution in [0.4, 0.5) is 0 Å². The predicted molar refractivity (Wildman–Crippen MR) is 59.3 cm³/mol. The van der Waals surface area contributed by atoms with Gasteiger partial charge in [0.2, 0.25) is 0 Å². The second-order valence-corrected chi connectivity index (χ2v) is 4.61. The number of hydrogen-bond acceptors (Lipinski definition) is 3. The van der Waals surface area contributed by atoms with Crippen LogP contribution in [0.25, 0.3) is 0 Å². The van der Waals surface area contributed by atoms with Crippen LogP contribution < -0.4 is 0 Å². The first-order valence-corrected chi connectivity index (χ1v) is 5.58. The van der Waals surface area contributed by atoms with Crippen molar-refractivity contribution in [3.63, 3.8) is 0 Å². The maximum atomic E-state index is 5.53. The van der Waals surface area contributed by atoms with Gasteiger partial charge in [-0.25, -0.2) is 0 Å². The highest BCUT2D eigenvalue weighted by Crippen LogP contribution is 2.15. The number of nitrogens with zero attached hydrogens (tertiary/aromatic N) is 2. The molecular weight excluding hydrogens is 176 g/mol. The van der Waals surface area contributed by atoms with Gasteiger partial charge in [0.25, 0.3) is 0 Å². The average molecular weight is 200 g/mol. The third-order valence-corrected chi connectivity index (χ3v) is 3.07. The molecule has 0 spiro atoms. The van der Waals surface area contributed by atoms with E-state index >= 15 is 0 Å². The maximum Gasteiger partial charge on any atom is 0.123 e. The van der Waals surface area contributed by atoms with Crippen molar-refractivity contribution < 1.29 is 4.74 Å². The first-order valence-electron chi connectivity index (χ1n) is 5.58. The first kappa shape index (κ1) is 12.0. The number of ether oxygens (including phenoxy) is 1. The summed E-state index contributed by atoms with van der Waals surface area (Å²) in [6.07, 6.45) is 0.270. The van der Waals surface area contributed by atoms with Crippen molar-refractivity contribution in [2.45, 2.75) is 46.0 Å². The van der Waals surface area contributed by atoms with E-state index in [0.717, 1.165) is 19.6 Å². The third kappa shape index (κ3) is 2.69. The second-order valence-electron chi connectivity index (χ2n) is 4.61. The van der Waals surface area contributed by atoms with Gasteiger partial charge in [0.05, 0.1) is 0 Å². The van der Waals surface area contributed by atoms with Gasteiger partial charge in [0.1, 0.15) is 6.23 Å². The van der Waals surface area contributed by atoms with E-state index in [1.165, 1.54) is 0 Å². The Balaban J connectivity index is 2.54. The second kappa shape index (κ2) is 5.10. The van der Waals surface area contributed by atoms with Gasteiger partial charge in [-0.2, -0.15) is 0 Å². The van der Waals surface area contributed by atoms with Crippen molar-refractivity contribution in [3.05, 3.63) is 0 Å². The van der Waals surface area contributed by atoms with Crippen molar-refractivity contribution in [3.8, 4) is 0 Å². The zero-order valence-corrected chi connectivity index (χ0v) is 10.2. The largest absolute Gasteiger partial charge is 0.365 e. The molecule has 1 saturated heterocycles. The highest BCUT2D eigenvalue weighted by Gasteiger charge is 2.29. The lowest BCUT2D eigenvalue weighted by molar-refractivity contribution is -0.100. The third-order valence-electron chi connectivity index (χ3n) is 3.07. The van der Waals surface area contributed by atoms with Gasteiger partial charge in [-0.1, -0.05) is 0 Å². The highest BCUT2D eigenvalue weighted by atomic mass is 16.5. The van der Waals surface area contributed by atoms with Crippen LogP contribution in [-0.2, 0) is 4.74 Å². The van der Waals surface area contributed by atoms with Crippen LogP contribution in [0.2, 0.25) is 0 Å². The van der Waals surface area contributed by atoms with E-state index in [9.17, 15) is 0 Å². The quantitative estimate of drug-likeness (QED) is 0.685. The van der Waals surface area contributed by atoms with Crippen molar-refractivity contribution in [1.29, 1.82) is 0 Å². The Labute approximate surface area is 88.0 Å². The molecule has 0 unspecified atom stereocenters. The fraction of sp³-hybridized carbons (Fsp3) is 1.00. The number of methoxy groups -OCH3 is 1. The van der Waals surface area contributed by atoms with Gasteiger partial charge >= 0.3 is 0 Å². The Kier molecular flexibility index (Phi) is 4.35. The maximum absolute atomic E-state index is 5.53. The molecule has 0 aromatic heterocycles. The average Bonchev–Trinajstić information content (AvgIpc) is 2.16. The molecule has 0 amide bonds. The molecule has 1 rings (SSSR count). The van der Waals surface area contributed by atoms with Crippen LogP contribution in [-0.4, -0.2) is 54.9 Å². The van der Waals surface area contributed by atoms with Crippen LogP contribution in [0.3, 0.4) is 0 Å². The minimum atomic E-state index is 0.270. The fourth-order valence-electron chi connectivity index (χ4n) is 2.05. The molecule has 0 aromatic carbocycles. The molecule has 1 heterocycles. The standard InChI is InChI=1S/C11H24N2O/c1-9(2)12-6-7-13(10(3)4)11(8-12)14-5/h9-11H,6-8H2,1-5H3/t11-/m1/s1. The van der Waals surface area contributed by atoms with Gasteiger partial charge < -0.3 is 4.74 Å². The molecule has 1 fully saturated rings. The van der Waals surface area contributed by atoms with E-state index in [2.05, 4.69) is 37.5 Å². The smallest absolute Gasteiger partial charge is 0.123 e. The van der Waals surface area contributed by atoms with Crippen molar-refractivity contribution in [2.75, 3.05) is 26.7 Å². The highest BCUT2D eigenvalue weighted by molar-refractivity contribution is 4.80. The molecule has 0 bridgehead atoms. The van der Waals surface area contributed by atoms with Gasteiger partial charge in [0, 0.05) is 38.8 Å². The van der Waals surface area contributed by atoms with Crippen LogP contribution in [0.1, 0.15) is 27.7 Å². The fourth-order valence-corrected chi connectivity index (χ4v) is 2.05.